The van der Waals surface area contributed by atoms with Gasteiger partial charge in [0, 0.05) is 18.7 Å². The lowest BCUT2D eigenvalue weighted by Crippen LogP contribution is -2.44. The van der Waals surface area contributed by atoms with Gasteiger partial charge in [-0.3, -0.25) is 14.4 Å². The number of nitrogens with one attached hydrogen (secondary N) is 2. The molecule has 0 spiro atoms. The Labute approximate surface area is 136 Å². The molecule has 2 N–H and O–H groups in total. The summed E-state index contributed by atoms with van der Waals surface area (Å²) in [4.78, 5) is 36.4. The standard InChI is InChI=1S/C16H23N3O4/c1-11(2)19(12(3)20)10-16(22)17-9-15(21)18-13-5-7-14(23-4)8-6-13/h5-8,11H,9-10H2,1-4H3,(H,17,22)(H,18,21). The minimum Gasteiger partial charge on any atom is -0.497 e. The maximum Gasteiger partial charge on any atom is 0.243 e. The molecule has 0 aliphatic heterocycles. The molecule has 0 aromatic heterocycles. The van der Waals surface area contributed by atoms with E-state index in [1.807, 2.05) is 13.8 Å². The SMILES string of the molecule is COc1ccc(NC(=O)CNC(=O)CN(C(C)=O)C(C)C)cc1. The van der Waals surface area contributed by atoms with Crippen LogP contribution in [0.25, 0.3) is 0 Å². The van der Waals surface area contributed by atoms with Crippen molar-refractivity contribution in [1.82, 2.24) is 10.2 Å². The minimum absolute atomic E-state index is 0.0667. The summed E-state index contributed by atoms with van der Waals surface area (Å²) >= 11 is 0. The highest BCUT2D eigenvalue weighted by Crippen LogP contribution is 2.14. The second-order valence-electron chi connectivity index (χ2n) is 5.29. The Hall–Kier alpha value is -2.57. The van der Waals surface area contributed by atoms with Crippen LogP contribution >= 0.6 is 0 Å². The summed E-state index contributed by atoms with van der Waals surface area (Å²) in [7, 11) is 1.56. The number of anilines is 1. The number of amides is 3. The Bertz CT molecular complexity index is 555. The van der Waals surface area contributed by atoms with Crippen LogP contribution in [0.4, 0.5) is 5.69 Å². The molecule has 3 amide bonds. The molecule has 7 heteroatoms. The highest BCUT2D eigenvalue weighted by Gasteiger charge is 2.16. The molecule has 0 aliphatic rings. The van der Waals surface area contributed by atoms with Gasteiger partial charge in [-0.25, -0.2) is 0 Å². The molecule has 1 aromatic rings. The molecule has 1 rings (SSSR count). The van der Waals surface area contributed by atoms with E-state index < -0.39 is 0 Å². The van der Waals surface area contributed by atoms with Crippen LogP contribution in [0.2, 0.25) is 0 Å². The molecule has 126 valence electrons. The lowest BCUT2D eigenvalue weighted by atomic mass is 10.3. The molecule has 0 fully saturated rings. The number of hydrogen-bond donors (Lipinski definition) is 2. The number of carbonyl (C=O) groups excluding carboxylic acids is 3. The van der Waals surface area contributed by atoms with Crippen molar-refractivity contribution >= 4 is 23.4 Å². The van der Waals surface area contributed by atoms with Gasteiger partial charge in [-0.05, 0) is 38.1 Å². The maximum atomic E-state index is 11.8. The van der Waals surface area contributed by atoms with Crippen LogP contribution < -0.4 is 15.4 Å². The molecule has 0 radical (unpaired) electrons. The van der Waals surface area contributed by atoms with Crippen molar-refractivity contribution in [3.63, 3.8) is 0 Å². The van der Waals surface area contributed by atoms with Gasteiger partial charge in [0.05, 0.1) is 20.2 Å². The van der Waals surface area contributed by atoms with Crippen molar-refractivity contribution in [2.45, 2.75) is 26.8 Å². The van der Waals surface area contributed by atoms with Gasteiger partial charge in [0.15, 0.2) is 0 Å². The summed E-state index contributed by atoms with van der Waals surface area (Å²) in [5.74, 6) is -0.214. The fourth-order valence-electron chi connectivity index (χ4n) is 1.93. The van der Waals surface area contributed by atoms with E-state index in [0.29, 0.717) is 11.4 Å². The Morgan fingerprint density at radius 1 is 1.13 bits per heavy atom. The zero-order chi connectivity index (χ0) is 17.4. The van der Waals surface area contributed by atoms with Crippen LogP contribution in [0.1, 0.15) is 20.8 Å². The van der Waals surface area contributed by atoms with E-state index in [2.05, 4.69) is 10.6 Å². The summed E-state index contributed by atoms with van der Waals surface area (Å²) in [6, 6.07) is 6.78. The topological polar surface area (TPSA) is 87.7 Å². The number of methoxy groups -OCH3 is 1. The van der Waals surface area contributed by atoms with Crippen LogP contribution in [0.15, 0.2) is 24.3 Å². The second-order valence-corrected chi connectivity index (χ2v) is 5.29. The molecule has 0 saturated carbocycles. The van der Waals surface area contributed by atoms with Crippen molar-refractivity contribution < 1.29 is 19.1 Å². The van der Waals surface area contributed by atoms with E-state index in [1.165, 1.54) is 11.8 Å². The van der Waals surface area contributed by atoms with Crippen molar-refractivity contribution in [2.24, 2.45) is 0 Å². The Morgan fingerprint density at radius 3 is 2.22 bits per heavy atom. The normalized spacial score (nSPS) is 10.1. The first kappa shape index (κ1) is 18.5. The molecule has 1 aromatic carbocycles. The monoisotopic (exact) mass is 321 g/mol. The number of rotatable bonds is 7. The van der Waals surface area contributed by atoms with Gasteiger partial charge < -0.3 is 20.3 Å². The third kappa shape index (κ3) is 6.37. The summed E-state index contributed by atoms with van der Waals surface area (Å²) in [6.45, 7) is 4.83. The highest BCUT2D eigenvalue weighted by atomic mass is 16.5. The van der Waals surface area contributed by atoms with Crippen molar-refractivity contribution in [1.29, 1.82) is 0 Å². The third-order valence-corrected chi connectivity index (χ3v) is 3.16. The number of benzene rings is 1. The lowest BCUT2D eigenvalue weighted by Gasteiger charge is -2.24. The van der Waals surface area contributed by atoms with Gasteiger partial charge in [-0.2, -0.15) is 0 Å². The number of ether oxygens (including phenoxy) is 1. The molecule has 7 nitrogen and oxygen atoms in total. The second kappa shape index (κ2) is 8.77. The molecule has 0 heterocycles. The van der Waals surface area contributed by atoms with Gasteiger partial charge in [0.2, 0.25) is 17.7 Å². The van der Waals surface area contributed by atoms with E-state index in [9.17, 15) is 14.4 Å². The highest BCUT2D eigenvalue weighted by molar-refractivity contribution is 5.95. The summed E-state index contributed by atoms with van der Waals surface area (Å²) < 4.78 is 5.03. The molecular formula is C16H23N3O4. The first-order valence-corrected chi connectivity index (χ1v) is 7.31. The van der Waals surface area contributed by atoms with Gasteiger partial charge in [0.1, 0.15) is 5.75 Å². The average Bonchev–Trinajstić information content (AvgIpc) is 2.50. The van der Waals surface area contributed by atoms with Crippen LogP contribution in [0, 0.1) is 0 Å². The Balaban J connectivity index is 2.42. The van der Waals surface area contributed by atoms with Gasteiger partial charge in [-0.15, -0.1) is 0 Å². The van der Waals surface area contributed by atoms with Gasteiger partial charge in [-0.1, -0.05) is 0 Å². The summed E-state index contributed by atoms with van der Waals surface area (Å²) in [5, 5.41) is 5.15. The van der Waals surface area contributed by atoms with Gasteiger partial charge >= 0.3 is 0 Å². The fourth-order valence-corrected chi connectivity index (χ4v) is 1.93. The smallest absolute Gasteiger partial charge is 0.243 e. The number of hydrogen-bond acceptors (Lipinski definition) is 4. The van der Waals surface area contributed by atoms with Crippen LogP contribution in [-0.4, -0.2) is 48.9 Å². The van der Waals surface area contributed by atoms with E-state index in [-0.39, 0.29) is 36.9 Å². The maximum absolute atomic E-state index is 11.8. The molecule has 0 aliphatic carbocycles. The van der Waals surface area contributed by atoms with E-state index in [4.69, 9.17) is 4.74 Å². The van der Waals surface area contributed by atoms with Crippen LogP contribution in [0.3, 0.4) is 0 Å². The Kier molecular flexibility index (Phi) is 7.05. The summed E-state index contributed by atoms with van der Waals surface area (Å²) in [5.41, 5.74) is 0.609. The summed E-state index contributed by atoms with van der Waals surface area (Å²) in [6.07, 6.45) is 0. The quantitative estimate of drug-likeness (QED) is 0.784. The zero-order valence-corrected chi connectivity index (χ0v) is 13.9. The molecule has 23 heavy (non-hydrogen) atoms. The first-order valence-electron chi connectivity index (χ1n) is 7.31. The van der Waals surface area contributed by atoms with E-state index in [1.54, 1.807) is 31.4 Å². The largest absolute Gasteiger partial charge is 0.497 e. The van der Waals surface area contributed by atoms with Crippen molar-refractivity contribution in [3.05, 3.63) is 24.3 Å². The van der Waals surface area contributed by atoms with E-state index >= 15 is 0 Å². The molecular weight excluding hydrogens is 298 g/mol. The average molecular weight is 321 g/mol. The molecule has 0 atom stereocenters. The number of nitrogens with zero attached hydrogens (tertiary/aromatic N) is 1. The van der Waals surface area contributed by atoms with Crippen molar-refractivity contribution in [2.75, 3.05) is 25.5 Å². The molecule has 0 saturated heterocycles. The number of carbonyl (C=O) groups is 3. The predicted molar refractivity (Wildman–Crippen MR) is 87.2 cm³/mol. The third-order valence-electron chi connectivity index (χ3n) is 3.16. The van der Waals surface area contributed by atoms with Crippen molar-refractivity contribution in [3.8, 4) is 5.75 Å². The Morgan fingerprint density at radius 2 is 1.74 bits per heavy atom. The van der Waals surface area contributed by atoms with E-state index in [0.717, 1.165) is 0 Å². The lowest BCUT2D eigenvalue weighted by molar-refractivity contribution is -0.136. The fraction of sp³-hybridized carbons (Fsp3) is 0.438. The van der Waals surface area contributed by atoms with Gasteiger partial charge in [0.25, 0.3) is 0 Å². The predicted octanol–water partition coefficient (Wildman–Crippen LogP) is 1.01. The molecule has 0 unspecified atom stereocenters. The van der Waals surface area contributed by atoms with Crippen LogP contribution in [0.5, 0.6) is 5.75 Å². The zero-order valence-electron chi connectivity index (χ0n) is 13.9. The first-order chi connectivity index (χ1) is 10.8. The molecule has 0 bridgehead atoms. The van der Waals surface area contributed by atoms with Crippen LogP contribution in [-0.2, 0) is 14.4 Å². The minimum atomic E-state index is -0.376.